The molecule has 2 N–H and O–H groups in total. The van der Waals surface area contributed by atoms with E-state index in [0.29, 0.717) is 22.3 Å². The highest BCUT2D eigenvalue weighted by Crippen LogP contribution is 2.31. The third-order valence-electron chi connectivity index (χ3n) is 4.06. The quantitative estimate of drug-likeness (QED) is 0.497. The van der Waals surface area contributed by atoms with Gasteiger partial charge in [-0.2, -0.15) is 0 Å². The van der Waals surface area contributed by atoms with Crippen molar-refractivity contribution in [1.82, 2.24) is 0 Å². The summed E-state index contributed by atoms with van der Waals surface area (Å²) in [5, 5.41) is 7.90. The van der Waals surface area contributed by atoms with Gasteiger partial charge in [-0.1, -0.05) is 24.3 Å². The van der Waals surface area contributed by atoms with Crippen LogP contribution in [0.15, 0.2) is 70.5 Å². The van der Waals surface area contributed by atoms with Gasteiger partial charge >= 0.3 is 0 Å². The lowest BCUT2D eigenvalue weighted by molar-refractivity contribution is -0.115. The molecule has 0 bridgehead atoms. The van der Waals surface area contributed by atoms with E-state index >= 15 is 0 Å². The Morgan fingerprint density at radius 2 is 1.86 bits per heavy atom. The summed E-state index contributed by atoms with van der Waals surface area (Å²) in [5.41, 5.74) is 1.06. The first kappa shape index (κ1) is 17.9. The number of fused-ring (bicyclic) bond motifs is 1. The Bertz CT molecular complexity index is 1150. The van der Waals surface area contributed by atoms with E-state index in [1.165, 1.54) is 29.5 Å². The van der Waals surface area contributed by atoms with Crippen LogP contribution in [0.25, 0.3) is 11.0 Å². The summed E-state index contributed by atoms with van der Waals surface area (Å²) in [6, 6.07) is 16.3. The number of carbonyl (C=O) groups excluding carboxylic acids is 2. The molecular weight excluding hydrogens is 379 g/mol. The molecule has 0 unspecified atom stereocenters. The molecule has 0 saturated carbocycles. The van der Waals surface area contributed by atoms with E-state index in [2.05, 4.69) is 10.6 Å². The first-order valence-electron chi connectivity index (χ1n) is 8.51. The van der Waals surface area contributed by atoms with Crippen molar-refractivity contribution in [3.63, 3.8) is 0 Å². The highest BCUT2D eigenvalue weighted by Gasteiger charge is 2.22. The molecule has 0 aliphatic carbocycles. The van der Waals surface area contributed by atoms with Gasteiger partial charge in [-0.15, -0.1) is 11.3 Å². The van der Waals surface area contributed by atoms with Crippen LogP contribution in [-0.2, 0) is 11.2 Å². The molecule has 0 radical (unpaired) electrons. The monoisotopic (exact) mass is 394 g/mol. The van der Waals surface area contributed by atoms with Gasteiger partial charge in [0.1, 0.15) is 17.1 Å². The van der Waals surface area contributed by atoms with E-state index in [0.717, 1.165) is 4.88 Å². The third-order valence-corrected chi connectivity index (χ3v) is 4.94. The number of furan rings is 1. The zero-order valence-electron chi connectivity index (χ0n) is 14.6. The highest BCUT2D eigenvalue weighted by molar-refractivity contribution is 7.10. The van der Waals surface area contributed by atoms with E-state index in [9.17, 15) is 14.0 Å². The second-order valence-electron chi connectivity index (χ2n) is 6.07. The summed E-state index contributed by atoms with van der Waals surface area (Å²) < 4.78 is 19.1. The first-order chi connectivity index (χ1) is 13.6. The molecule has 28 heavy (non-hydrogen) atoms. The summed E-state index contributed by atoms with van der Waals surface area (Å²) >= 11 is 1.48. The molecule has 0 fully saturated rings. The molecule has 0 aliphatic heterocycles. The third kappa shape index (κ3) is 3.79. The van der Waals surface area contributed by atoms with Crippen molar-refractivity contribution in [2.75, 3.05) is 10.6 Å². The summed E-state index contributed by atoms with van der Waals surface area (Å²) in [6.07, 6.45) is 0.197. The van der Waals surface area contributed by atoms with Gasteiger partial charge in [0.15, 0.2) is 0 Å². The van der Waals surface area contributed by atoms with E-state index in [1.807, 2.05) is 17.5 Å². The van der Waals surface area contributed by atoms with Crippen LogP contribution in [0.1, 0.15) is 15.4 Å². The van der Waals surface area contributed by atoms with Crippen molar-refractivity contribution in [2.45, 2.75) is 6.42 Å². The number of hydrogen-bond donors (Lipinski definition) is 2. The average molecular weight is 394 g/mol. The van der Waals surface area contributed by atoms with Crippen LogP contribution in [0.3, 0.4) is 0 Å². The van der Waals surface area contributed by atoms with Crippen molar-refractivity contribution in [1.29, 1.82) is 0 Å². The van der Waals surface area contributed by atoms with Crippen LogP contribution in [0.5, 0.6) is 0 Å². The minimum atomic E-state index is -0.576. The second-order valence-corrected chi connectivity index (χ2v) is 7.10. The predicted octanol–water partition coefficient (Wildman–Crippen LogP) is 5.07. The van der Waals surface area contributed by atoms with Gasteiger partial charge in [0, 0.05) is 16.0 Å². The molecule has 2 aromatic heterocycles. The summed E-state index contributed by atoms with van der Waals surface area (Å²) in [4.78, 5) is 26.1. The summed E-state index contributed by atoms with van der Waals surface area (Å²) in [6.45, 7) is 0. The number of para-hydroxylation sites is 1. The molecular formula is C21H15FN2O3S. The maximum atomic E-state index is 13.4. The second kappa shape index (κ2) is 7.66. The fourth-order valence-corrected chi connectivity index (χ4v) is 3.54. The van der Waals surface area contributed by atoms with Crippen LogP contribution < -0.4 is 10.6 Å². The van der Waals surface area contributed by atoms with Crippen molar-refractivity contribution in [3.05, 3.63) is 82.5 Å². The number of amides is 2. The minimum absolute atomic E-state index is 0.0370. The van der Waals surface area contributed by atoms with Gasteiger partial charge in [-0.3, -0.25) is 9.59 Å². The van der Waals surface area contributed by atoms with Gasteiger partial charge < -0.3 is 15.1 Å². The van der Waals surface area contributed by atoms with Crippen molar-refractivity contribution in [3.8, 4) is 0 Å². The normalized spacial score (nSPS) is 10.8. The number of nitrogens with one attached hydrogen (secondary N) is 2. The molecule has 2 amide bonds. The van der Waals surface area contributed by atoms with Gasteiger partial charge in [-0.05, 0) is 41.8 Å². The zero-order valence-corrected chi connectivity index (χ0v) is 15.4. The number of halogens is 1. The number of thiophene rings is 1. The maximum absolute atomic E-state index is 13.4. The van der Waals surface area contributed by atoms with Crippen LogP contribution >= 0.6 is 11.3 Å². The minimum Gasteiger partial charge on any atom is -0.449 e. The van der Waals surface area contributed by atoms with Crippen LogP contribution in [-0.4, -0.2) is 11.8 Å². The molecule has 2 aromatic carbocycles. The summed E-state index contributed by atoms with van der Waals surface area (Å²) in [7, 11) is 0. The Morgan fingerprint density at radius 1 is 1.00 bits per heavy atom. The van der Waals surface area contributed by atoms with E-state index in [-0.39, 0.29) is 18.1 Å². The molecule has 0 aliphatic rings. The lowest BCUT2D eigenvalue weighted by atomic mass is 10.2. The number of hydrogen-bond acceptors (Lipinski definition) is 4. The van der Waals surface area contributed by atoms with Crippen molar-refractivity contribution in [2.24, 2.45) is 0 Å². The zero-order chi connectivity index (χ0) is 19.5. The Balaban J connectivity index is 1.64. The molecule has 140 valence electrons. The molecule has 0 saturated heterocycles. The van der Waals surface area contributed by atoms with Gasteiger partial charge in [-0.25, -0.2) is 4.39 Å². The lowest BCUT2D eigenvalue weighted by Crippen LogP contribution is -2.18. The average Bonchev–Trinajstić information content (AvgIpc) is 3.30. The van der Waals surface area contributed by atoms with Crippen LogP contribution in [0.2, 0.25) is 0 Å². The number of rotatable bonds is 5. The molecule has 2 heterocycles. The molecule has 5 nitrogen and oxygen atoms in total. The fourth-order valence-electron chi connectivity index (χ4n) is 2.84. The van der Waals surface area contributed by atoms with Crippen LogP contribution in [0, 0.1) is 5.82 Å². The Kier molecular flexibility index (Phi) is 4.90. The molecule has 0 atom stereocenters. The van der Waals surface area contributed by atoms with Gasteiger partial charge in [0.25, 0.3) is 5.91 Å². The molecule has 4 rings (SSSR count). The number of carbonyl (C=O) groups is 2. The Labute approximate surface area is 163 Å². The van der Waals surface area contributed by atoms with Crippen molar-refractivity contribution >= 4 is 45.5 Å². The SMILES string of the molecule is O=C(Cc1cccs1)Nc1c(C(=O)Nc2cccc(F)c2)oc2ccccc12. The number of benzene rings is 2. The largest absolute Gasteiger partial charge is 0.449 e. The topological polar surface area (TPSA) is 71.3 Å². The van der Waals surface area contributed by atoms with E-state index in [4.69, 9.17) is 4.42 Å². The predicted molar refractivity (Wildman–Crippen MR) is 107 cm³/mol. The standard InChI is InChI=1S/C21H15FN2O3S/c22-13-5-3-6-14(11-13)23-21(26)20-19(16-8-1-2-9-17(16)27-20)24-18(25)12-15-7-4-10-28-15/h1-11H,12H2,(H,23,26)(H,24,25). The Hall–Kier alpha value is -3.45. The van der Waals surface area contributed by atoms with E-state index < -0.39 is 11.7 Å². The fraction of sp³-hybridized carbons (Fsp3) is 0.0476. The summed E-state index contributed by atoms with van der Waals surface area (Å²) in [5.74, 6) is -1.33. The van der Waals surface area contributed by atoms with Gasteiger partial charge in [0.2, 0.25) is 11.7 Å². The molecule has 7 heteroatoms. The van der Waals surface area contributed by atoms with E-state index in [1.54, 1.807) is 30.3 Å². The first-order valence-corrected chi connectivity index (χ1v) is 9.39. The molecule has 0 spiro atoms. The van der Waals surface area contributed by atoms with Crippen LogP contribution in [0.4, 0.5) is 15.8 Å². The highest BCUT2D eigenvalue weighted by atomic mass is 32.1. The lowest BCUT2D eigenvalue weighted by Gasteiger charge is -2.07. The Morgan fingerprint density at radius 3 is 2.64 bits per heavy atom. The number of anilines is 2. The van der Waals surface area contributed by atoms with Gasteiger partial charge in [0.05, 0.1) is 6.42 Å². The molecule has 4 aromatic rings. The van der Waals surface area contributed by atoms with Crippen molar-refractivity contribution < 1.29 is 18.4 Å². The maximum Gasteiger partial charge on any atom is 0.293 e. The smallest absolute Gasteiger partial charge is 0.293 e.